The highest BCUT2D eigenvalue weighted by Crippen LogP contribution is 2.32. The number of nitriles is 1. The van der Waals surface area contributed by atoms with E-state index in [0.717, 1.165) is 12.1 Å². The number of nitrogens with one attached hydrogen (secondary N) is 1. The third-order valence-corrected chi connectivity index (χ3v) is 2.63. The van der Waals surface area contributed by atoms with Crippen molar-refractivity contribution in [3.05, 3.63) is 53.6 Å². The first kappa shape index (κ1) is 13.7. The average molecular weight is 277 g/mol. The third kappa shape index (κ3) is 3.01. The number of halogens is 3. The van der Waals surface area contributed by atoms with Crippen LogP contribution in [-0.4, -0.2) is 0 Å². The van der Waals surface area contributed by atoms with Crippen LogP contribution in [0.1, 0.15) is 11.1 Å². The summed E-state index contributed by atoms with van der Waals surface area (Å²) in [4.78, 5) is 0. The summed E-state index contributed by atoms with van der Waals surface area (Å²) in [5.74, 6) is 0. The maximum atomic E-state index is 12.6. The summed E-state index contributed by atoms with van der Waals surface area (Å²) in [6.45, 7) is 0. The van der Waals surface area contributed by atoms with E-state index in [0.29, 0.717) is 11.4 Å². The van der Waals surface area contributed by atoms with Crippen molar-refractivity contribution < 1.29 is 13.2 Å². The Labute approximate surface area is 113 Å². The van der Waals surface area contributed by atoms with Crippen molar-refractivity contribution in [2.24, 2.45) is 0 Å². The van der Waals surface area contributed by atoms with Gasteiger partial charge >= 0.3 is 6.18 Å². The minimum Gasteiger partial charge on any atom is -0.399 e. The van der Waals surface area contributed by atoms with Crippen LogP contribution >= 0.6 is 0 Å². The molecule has 3 N–H and O–H groups in total. The van der Waals surface area contributed by atoms with Gasteiger partial charge in [0, 0.05) is 11.4 Å². The molecule has 0 saturated heterocycles. The van der Waals surface area contributed by atoms with Crippen molar-refractivity contribution in [3.8, 4) is 6.07 Å². The van der Waals surface area contributed by atoms with E-state index in [4.69, 9.17) is 11.0 Å². The molecule has 2 aromatic carbocycles. The van der Waals surface area contributed by atoms with Crippen LogP contribution in [0, 0.1) is 11.3 Å². The van der Waals surface area contributed by atoms with Crippen molar-refractivity contribution in [1.29, 1.82) is 5.26 Å². The molecule has 0 aliphatic heterocycles. The zero-order valence-corrected chi connectivity index (χ0v) is 10.2. The molecule has 0 spiro atoms. The average Bonchev–Trinajstić information content (AvgIpc) is 2.40. The van der Waals surface area contributed by atoms with Crippen molar-refractivity contribution in [1.82, 2.24) is 0 Å². The second kappa shape index (κ2) is 5.13. The second-order valence-corrected chi connectivity index (χ2v) is 4.12. The predicted octanol–water partition coefficient (Wildman–Crippen LogP) is 3.90. The number of nitrogen functional groups attached to an aromatic ring is 1. The van der Waals surface area contributed by atoms with Crippen LogP contribution in [0.2, 0.25) is 0 Å². The third-order valence-electron chi connectivity index (χ3n) is 2.63. The Morgan fingerprint density at radius 1 is 1.10 bits per heavy atom. The highest BCUT2D eigenvalue weighted by Gasteiger charge is 2.30. The molecule has 0 saturated carbocycles. The molecule has 6 heteroatoms. The van der Waals surface area contributed by atoms with Crippen molar-refractivity contribution in [2.45, 2.75) is 6.18 Å². The summed E-state index contributed by atoms with van der Waals surface area (Å²) < 4.78 is 37.8. The fraction of sp³-hybridized carbons (Fsp3) is 0.0714. The molecule has 0 bridgehead atoms. The van der Waals surface area contributed by atoms with E-state index in [1.807, 2.05) is 6.07 Å². The molecular weight excluding hydrogens is 267 g/mol. The lowest BCUT2D eigenvalue weighted by Gasteiger charge is -2.11. The first-order valence-electron chi connectivity index (χ1n) is 5.64. The molecule has 0 aliphatic carbocycles. The van der Waals surface area contributed by atoms with Gasteiger partial charge in [-0.2, -0.15) is 18.4 Å². The number of hydrogen-bond acceptors (Lipinski definition) is 3. The Morgan fingerprint density at radius 2 is 1.85 bits per heavy atom. The van der Waals surface area contributed by atoms with E-state index in [9.17, 15) is 13.2 Å². The molecule has 20 heavy (non-hydrogen) atoms. The molecule has 0 heterocycles. The first-order chi connectivity index (χ1) is 9.40. The molecule has 0 radical (unpaired) electrons. The van der Waals surface area contributed by atoms with Crippen LogP contribution < -0.4 is 11.1 Å². The van der Waals surface area contributed by atoms with Gasteiger partial charge in [-0.05, 0) is 36.4 Å². The molecule has 0 atom stereocenters. The van der Waals surface area contributed by atoms with E-state index in [2.05, 4.69) is 5.32 Å². The van der Waals surface area contributed by atoms with Crippen LogP contribution in [-0.2, 0) is 6.18 Å². The Morgan fingerprint density at radius 3 is 2.50 bits per heavy atom. The number of nitrogens with zero attached hydrogens (tertiary/aromatic N) is 1. The van der Waals surface area contributed by atoms with Gasteiger partial charge in [0.2, 0.25) is 0 Å². The number of hydrogen-bond donors (Lipinski definition) is 2. The largest absolute Gasteiger partial charge is 0.416 e. The summed E-state index contributed by atoms with van der Waals surface area (Å²) in [5.41, 5.74) is 6.13. The van der Waals surface area contributed by atoms with Gasteiger partial charge in [-0.15, -0.1) is 0 Å². The van der Waals surface area contributed by atoms with Crippen molar-refractivity contribution in [3.63, 3.8) is 0 Å². The summed E-state index contributed by atoms with van der Waals surface area (Å²) in [6, 6.07) is 11.3. The normalized spacial score (nSPS) is 10.9. The smallest absolute Gasteiger partial charge is 0.399 e. The molecule has 0 aromatic heterocycles. The molecular formula is C14H10F3N3. The fourth-order valence-electron chi connectivity index (χ4n) is 1.69. The molecule has 0 unspecified atom stereocenters. The number of nitrogens with two attached hydrogens (primary N) is 1. The summed E-state index contributed by atoms with van der Waals surface area (Å²) in [5, 5.41) is 11.8. The zero-order valence-electron chi connectivity index (χ0n) is 10.2. The van der Waals surface area contributed by atoms with E-state index in [-0.39, 0.29) is 11.3 Å². The Balaban J connectivity index is 2.34. The SMILES string of the molecule is N#Cc1cc(N)ccc1Nc1cccc(C(F)(F)F)c1. The van der Waals surface area contributed by atoms with Crippen LogP contribution in [0.3, 0.4) is 0 Å². The lowest BCUT2D eigenvalue weighted by molar-refractivity contribution is -0.137. The van der Waals surface area contributed by atoms with Gasteiger partial charge < -0.3 is 11.1 Å². The topological polar surface area (TPSA) is 61.8 Å². The Kier molecular flexibility index (Phi) is 3.53. The second-order valence-electron chi connectivity index (χ2n) is 4.12. The lowest BCUT2D eigenvalue weighted by Crippen LogP contribution is -2.05. The molecule has 0 fully saturated rings. The summed E-state index contributed by atoms with van der Waals surface area (Å²) in [7, 11) is 0. The summed E-state index contributed by atoms with van der Waals surface area (Å²) in [6.07, 6.45) is -4.41. The zero-order chi connectivity index (χ0) is 14.8. The molecule has 2 rings (SSSR count). The van der Waals surface area contributed by atoms with Crippen LogP contribution in [0.4, 0.5) is 30.2 Å². The van der Waals surface area contributed by atoms with Gasteiger partial charge in [0.05, 0.1) is 16.8 Å². The minimum atomic E-state index is -4.41. The van der Waals surface area contributed by atoms with E-state index in [1.165, 1.54) is 18.2 Å². The quantitative estimate of drug-likeness (QED) is 0.818. The van der Waals surface area contributed by atoms with E-state index < -0.39 is 11.7 Å². The van der Waals surface area contributed by atoms with Crippen molar-refractivity contribution >= 4 is 17.1 Å². The predicted molar refractivity (Wildman–Crippen MR) is 70.3 cm³/mol. The monoisotopic (exact) mass is 277 g/mol. The van der Waals surface area contributed by atoms with Crippen LogP contribution in [0.5, 0.6) is 0 Å². The Hall–Kier alpha value is -2.68. The molecule has 0 aliphatic rings. The van der Waals surface area contributed by atoms with Gasteiger partial charge in [0.25, 0.3) is 0 Å². The van der Waals surface area contributed by atoms with E-state index in [1.54, 1.807) is 12.1 Å². The highest BCUT2D eigenvalue weighted by molar-refractivity contribution is 5.69. The molecule has 2 aromatic rings. The Bertz CT molecular complexity index is 672. The van der Waals surface area contributed by atoms with Crippen LogP contribution in [0.15, 0.2) is 42.5 Å². The minimum absolute atomic E-state index is 0.251. The van der Waals surface area contributed by atoms with Gasteiger partial charge in [0.15, 0.2) is 0 Å². The molecule has 3 nitrogen and oxygen atoms in total. The lowest BCUT2D eigenvalue weighted by atomic mass is 10.1. The maximum absolute atomic E-state index is 12.6. The fourth-order valence-corrected chi connectivity index (χ4v) is 1.69. The highest BCUT2D eigenvalue weighted by atomic mass is 19.4. The number of benzene rings is 2. The van der Waals surface area contributed by atoms with Gasteiger partial charge in [-0.1, -0.05) is 6.07 Å². The van der Waals surface area contributed by atoms with Crippen LogP contribution in [0.25, 0.3) is 0 Å². The first-order valence-corrected chi connectivity index (χ1v) is 5.64. The summed E-state index contributed by atoms with van der Waals surface area (Å²) >= 11 is 0. The maximum Gasteiger partial charge on any atom is 0.416 e. The number of alkyl halides is 3. The van der Waals surface area contributed by atoms with Gasteiger partial charge in [-0.3, -0.25) is 0 Å². The van der Waals surface area contributed by atoms with Crippen molar-refractivity contribution in [2.75, 3.05) is 11.1 Å². The standard InChI is InChI=1S/C14H10F3N3/c15-14(16,17)10-2-1-3-12(7-10)20-13-5-4-11(19)6-9(13)8-18/h1-7,20H,19H2. The molecule has 0 amide bonds. The van der Waals surface area contributed by atoms with Gasteiger partial charge in [0.1, 0.15) is 6.07 Å². The number of rotatable bonds is 2. The number of anilines is 3. The van der Waals surface area contributed by atoms with E-state index >= 15 is 0 Å². The molecule has 102 valence electrons. The van der Waals surface area contributed by atoms with Gasteiger partial charge in [-0.25, -0.2) is 0 Å².